The first-order valence-corrected chi connectivity index (χ1v) is 19.6. The van der Waals surface area contributed by atoms with Crippen molar-refractivity contribution in [1.82, 2.24) is 26.6 Å². The molecule has 4 rings (SSSR count). The van der Waals surface area contributed by atoms with E-state index in [1.54, 1.807) is 48.5 Å². The first-order valence-electron chi connectivity index (χ1n) is 19.6. The predicted octanol–water partition coefficient (Wildman–Crippen LogP) is 0.765. The molecule has 306 valence electrons. The van der Waals surface area contributed by atoms with Gasteiger partial charge in [-0.15, -0.1) is 0 Å². The number of ketones is 1. The van der Waals surface area contributed by atoms with Crippen LogP contribution < -0.4 is 43.8 Å². The third kappa shape index (κ3) is 14.8. The van der Waals surface area contributed by atoms with Crippen LogP contribution in [-0.2, 0) is 35.2 Å². The fourth-order valence-corrected chi connectivity index (χ4v) is 6.98. The minimum atomic E-state index is -1.15. The second-order valence-corrected chi connectivity index (χ2v) is 14.6. The predicted molar refractivity (Wildman–Crippen MR) is 214 cm³/mol. The number of rotatable bonds is 11. The number of hydrogen-bond donors (Lipinski definition) is 8. The third-order valence-electron chi connectivity index (χ3n) is 10.1. The van der Waals surface area contributed by atoms with Crippen LogP contribution in [0.4, 0.5) is 0 Å². The van der Waals surface area contributed by atoms with Gasteiger partial charge in [-0.2, -0.15) is 0 Å². The van der Waals surface area contributed by atoms with E-state index in [9.17, 15) is 33.6 Å². The molecule has 16 heteroatoms. The summed E-state index contributed by atoms with van der Waals surface area (Å²) in [7, 11) is 0. The Balaban J connectivity index is 1.62. The second-order valence-electron chi connectivity index (χ2n) is 14.6. The van der Waals surface area contributed by atoms with E-state index in [-0.39, 0.29) is 56.4 Å². The van der Waals surface area contributed by atoms with E-state index in [0.29, 0.717) is 36.0 Å². The molecule has 6 amide bonds. The number of nitrogens with two attached hydrogens (primary N) is 3. The molecule has 2 unspecified atom stereocenters. The monoisotopic (exact) mass is 785 g/mol. The maximum atomic E-state index is 14.2. The van der Waals surface area contributed by atoms with Crippen LogP contribution >= 0.6 is 0 Å². The summed E-state index contributed by atoms with van der Waals surface area (Å²) in [6.07, 6.45) is 8.46. The fraction of sp³-hybridized carbons (Fsp3) is 0.463. The highest BCUT2D eigenvalue weighted by molar-refractivity contribution is 6.09. The molecular weight excluding hydrogens is 731 g/mol. The Morgan fingerprint density at radius 3 is 1.93 bits per heavy atom. The van der Waals surface area contributed by atoms with E-state index in [2.05, 4.69) is 31.6 Å². The average Bonchev–Trinajstić information content (AvgIpc) is 3.20. The van der Waals surface area contributed by atoms with Crippen LogP contribution in [0.25, 0.3) is 0 Å². The van der Waals surface area contributed by atoms with Gasteiger partial charge in [-0.1, -0.05) is 86.7 Å². The van der Waals surface area contributed by atoms with Crippen LogP contribution in [0.3, 0.4) is 0 Å². The summed E-state index contributed by atoms with van der Waals surface area (Å²) in [6, 6.07) is 11.4. The number of guanidine groups is 1. The van der Waals surface area contributed by atoms with Gasteiger partial charge in [0.1, 0.15) is 24.2 Å². The topological polar surface area (TPSA) is 270 Å². The number of carbonyl (C=O) groups is 7. The lowest BCUT2D eigenvalue weighted by Gasteiger charge is -2.29. The van der Waals surface area contributed by atoms with Gasteiger partial charge in [0.15, 0.2) is 11.7 Å². The molecule has 1 heterocycles. The molecule has 0 spiro atoms. The molecule has 1 aliphatic carbocycles. The van der Waals surface area contributed by atoms with Gasteiger partial charge in [0.25, 0.3) is 0 Å². The standard InChI is InChI=1S/C41H55N9O7/c42-37(54)30-14-7-8-22-45-38(55)32(25-27-16-18-29(19-17-27)36(53)28-12-5-2-6-13-28)49-40(57)33(24-26-10-3-1-4-11-26)50-39(56)31(15-9-23-46-41(43)44)48-35(52)21-20-34(51)47-30/h2,5-6,12-13,16-21,26,30-33H,1,3-4,7-11,14-15,22-25H2,(H2,42,54)(H,45,55)(H,47,51)(H,48,52)(H,49,57)(H,50,56)(H4,43,44,46)/b21-20+/t30?,31-,32+,33?/m0/s1. The molecule has 2 aromatic rings. The number of hydrogen-bond acceptors (Lipinski definition) is 8. The van der Waals surface area contributed by atoms with Crippen LogP contribution in [0.15, 0.2) is 71.7 Å². The zero-order chi connectivity index (χ0) is 41.2. The van der Waals surface area contributed by atoms with Gasteiger partial charge in [-0.3, -0.25) is 38.6 Å². The molecule has 4 atom stereocenters. The van der Waals surface area contributed by atoms with Gasteiger partial charge >= 0.3 is 0 Å². The second kappa shape index (κ2) is 22.5. The highest BCUT2D eigenvalue weighted by Crippen LogP contribution is 2.27. The van der Waals surface area contributed by atoms with Crippen LogP contribution in [0, 0.1) is 5.92 Å². The van der Waals surface area contributed by atoms with Crippen molar-refractivity contribution in [3.05, 3.63) is 83.4 Å². The summed E-state index contributed by atoms with van der Waals surface area (Å²) >= 11 is 0. The molecule has 11 N–H and O–H groups in total. The largest absolute Gasteiger partial charge is 0.370 e. The van der Waals surface area contributed by atoms with Crippen molar-refractivity contribution in [2.75, 3.05) is 13.1 Å². The van der Waals surface area contributed by atoms with Gasteiger partial charge in [-0.05, 0) is 50.0 Å². The first-order chi connectivity index (χ1) is 27.4. The number of amides is 6. The molecule has 0 saturated heterocycles. The lowest BCUT2D eigenvalue weighted by Crippen LogP contribution is -2.57. The maximum absolute atomic E-state index is 14.2. The number of aliphatic imine (C=N–C) groups is 1. The number of carbonyl (C=O) groups excluding carboxylic acids is 7. The van der Waals surface area contributed by atoms with Crippen molar-refractivity contribution in [1.29, 1.82) is 0 Å². The summed E-state index contributed by atoms with van der Waals surface area (Å²) < 4.78 is 0. The lowest BCUT2D eigenvalue weighted by molar-refractivity contribution is -0.133. The molecule has 16 nitrogen and oxygen atoms in total. The Hall–Kier alpha value is -6.06. The van der Waals surface area contributed by atoms with Gasteiger partial charge < -0.3 is 43.8 Å². The quantitative estimate of drug-likeness (QED) is 0.0691. The minimum Gasteiger partial charge on any atom is -0.370 e. The Labute approximate surface area is 332 Å². The third-order valence-corrected chi connectivity index (χ3v) is 10.1. The molecule has 2 aliphatic rings. The number of primary amides is 1. The SMILES string of the molecule is NC(=O)C1CCCCNC(=O)[C@@H](Cc2ccc(C(=O)c3ccccc3)cc2)NC(=O)C(CC2CCCCC2)NC(=O)[C@H](CCCN=C(N)N)NC(=O)/C=C/C(=O)N1. The van der Waals surface area contributed by atoms with Crippen molar-refractivity contribution in [3.63, 3.8) is 0 Å². The van der Waals surface area contributed by atoms with Crippen molar-refractivity contribution in [3.8, 4) is 0 Å². The molecule has 0 aromatic heterocycles. The van der Waals surface area contributed by atoms with E-state index in [1.165, 1.54) is 0 Å². The zero-order valence-corrected chi connectivity index (χ0v) is 32.2. The number of benzene rings is 2. The molecular formula is C41H55N9O7. The van der Waals surface area contributed by atoms with Crippen molar-refractivity contribution in [2.24, 2.45) is 28.1 Å². The lowest BCUT2D eigenvalue weighted by atomic mass is 9.84. The highest BCUT2D eigenvalue weighted by atomic mass is 16.2. The molecule has 0 bridgehead atoms. The van der Waals surface area contributed by atoms with E-state index in [4.69, 9.17) is 17.2 Å². The van der Waals surface area contributed by atoms with Gasteiger partial charge in [0.05, 0.1) is 0 Å². The van der Waals surface area contributed by atoms with Crippen LogP contribution in [0.1, 0.15) is 92.1 Å². The maximum Gasteiger partial charge on any atom is 0.244 e. The Kier molecular flexibility index (Phi) is 17.2. The molecule has 1 fully saturated rings. The zero-order valence-electron chi connectivity index (χ0n) is 32.2. The molecule has 2 aromatic carbocycles. The van der Waals surface area contributed by atoms with Gasteiger partial charge in [0.2, 0.25) is 35.4 Å². The molecule has 57 heavy (non-hydrogen) atoms. The average molecular weight is 786 g/mol. The smallest absolute Gasteiger partial charge is 0.244 e. The van der Waals surface area contributed by atoms with E-state index < -0.39 is 59.6 Å². The highest BCUT2D eigenvalue weighted by Gasteiger charge is 2.32. The normalized spacial score (nSPS) is 22.7. The Morgan fingerprint density at radius 1 is 0.649 bits per heavy atom. The van der Waals surface area contributed by atoms with Crippen LogP contribution in [0.2, 0.25) is 0 Å². The van der Waals surface area contributed by atoms with Crippen LogP contribution in [-0.4, -0.2) is 84.4 Å². The van der Waals surface area contributed by atoms with Crippen molar-refractivity contribution in [2.45, 2.75) is 101 Å². The molecule has 1 aliphatic heterocycles. The Morgan fingerprint density at radius 2 is 1.26 bits per heavy atom. The van der Waals surface area contributed by atoms with Crippen molar-refractivity contribution < 1.29 is 33.6 Å². The number of nitrogens with one attached hydrogen (secondary N) is 5. The summed E-state index contributed by atoms with van der Waals surface area (Å²) in [5.41, 5.74) is 18.1. The van der Waals surface area contributed by atoms with E-state index in [0.717, 1.165) is 44.3 Å². The Bertz CT molecular complexity index is 1770. The molecule has 0 radical (unpaired) electrons. The van der Waals surface area contributed by atoms with Gasteiger partial charge in [-0.25, -0.2) is 0 Å². The minimum absolute atomic E-state index is 0.0765. The summed E-state index contributed by atoms with van der Waals surface area (Å²) in [6.45, 7) is 0.359. The van der Waals surface area contributed by atoms with Crippen LogP contribution in [0.5, 0.6) is 0 Å². The first kappa shape index (κ1) is 43.7. The fourth-order valence-electron chi connectivity index (χ4n) is 6.98. The summed E-state index contributed by atoms with van der Waals surface area (Å²) in [5, 5.41) is 13.7. The van der Waals surface area contributed by atoms with Crippen molar-refractivity contribution >= 4 is 47.2 Å². The summed E-state index contributed by atoms with van der Waals surface area (Å²) in [4.78, 5) is 96.6. The van der Waals surface area contributed by atoms with E-state index >= 15 is 0 Å². The molecule has 1 saturated carbocycles. The number of nitrogens with zero attached hydrogens (tertiary/aromatic N) is 1. The summed E-state index contributed by atoms with van der Waals surface area (Å²) in [5.74, 6) is -4.11. The van der Waals surface area contributed by atoms with Gasteiger partial charge in [0, 0.05) is 42.8 Å². The van der Waals surface area contributed by atoms with E-state index in [1.807, 2.05) is 6.07 Å².